The molecule has 1 aliphatic rings. The van der Waals surface area contributed by atoms with Gasteiger partial charge in [0.1, 0.15) is 16.7 Å². The van der Waals surface area contributed by atoms with Crippen molar-refractivity contribution in [1.82, 2.24) is 0 Å². The Labute approximate surface area is 214 Å². The molecule has 5 nitrogen and oxygen atoms in total. The molecular formula is C28H24ClN3O2S. The van der Waals surface area contributed by atoms with Crippen molar-refractivity contribution in [3.05, 3.63) is 105 Å². The van der Waals surface area contributed by atoms with E-state index in [2.05, 4.69) is 5.32 Å². The zero-order valence-electron chi connectivity index (χ0n) is 19.6. The van der Waals surface area contributed by atoms with Crippen LogP contribution in [-0.2, 0) is 16.0 Å². The van der Waals surface area contributed by atoms with Crippen LogP contribution in [0.5, 0.6) is 0 Å². The molecule has 0 spiro atoms. The molecule has 176 valence electrons. The fourth-order valence-corrected chi connectivity index (χ4v) is 5.24. The van der Waals surface area contributed by atoms with Crippen LogP contribution in [0.3, 0.4) is 0 Å². The topological polar surface area (TPSA) is 73.2 Å². The Kier molecular flexibility index (Phi) is 7.30. The van der Waals surface area contributed by atoms with Crippen molar-refractivity contribution in [1.29, 1.82) is 5.26 Å². The number of carbonyl (C=O) groups excluding carboxylic acids is 2. The average Bonchev–Trinajstić information content (AvgIpc) is 3.14. The zero-order valence-corrected chi connectivity index (χ0v) is 21.2. The first-order valence-corrected chi connectivity index (χ1v) is 12.4. The van der Waals surface area contributed by atoms with E-state index in [4.69, 9.17) is 11.6 Å². The quantitative estimate of drug-likeness (QED) is 0.327. The Bertz CT molecular complexity index is 1360. The van der Waals surface area contributed by atoms with Gasteiger partial charge in [-0.3, -0.25) is 14.5 Å². The highest BCUT2D eigenvalue weighted by Gasteiger charge is 2.40. The van der Waals surface area contributed by atoms with Crippen LogP contribution < -0.4 is 10.2 Å². The molecule has 35 heavy (non-hydrogen) atoms. The minimum Gasteiger partial charge on any atom is -0.321 e. The van der Waals surface area contributed by atoms with Gasteiger partial charge in [-0.2, -0.15) is 5.26 Å². The first-order valence-electron chi connectivity index (χ1n) is 11.1. The lowest BCUT2D eigenvalue weighted by molar-refractivity contribution is -0.117. The van der Waals surface area contributed by atoms with Gasteiger partial charge < -0.3 is 5.32 Å². The van der Waals surface area contributed by atoms with Crippen molar-refractivity contribution >= 4 is 46.6 Å². The number of amides is 2. The van der Waals surface area contributed by atoms with E-state index < -0.39 is 11.2 Å². The lowest BCUT2D eigenvalue weighted by Gasteiger charge is -2.19. The van der Waals surface area contributed by atoms with Gasteiger partial charge in [-0.15, -0.1) is 0 Å². The summed E-state index contributed by atoms with van der Waals surface area (Å²) in [4.78, 5) is 28.2. The highest BCUT2D eigenvalue weighted by Crippen LogP contribution is 2.42. The van der Waals surface area contributed by atoms with Crippen molar-refractivity contribution in [2.45, 2.75) is 32.4 Å². The molecule has 0 aromatic heterocycles. The molecule has 1 atom stereocenters. The molecular weight excluding hydrogens is 478 g/mol. The third-order valence-electron chi connectivity index (χ3n) is 5.76. The van der Waals surface area contributed by atoms with Crippen LogP contribution in [0.15, 0.2) is 77.3 Å². The maximum absolute atomic E-state index is 13.6. The van der Waals surface area contributed by atoms with E-state index in [0.717, 1.165) is 22.3 Å². The number of halogens is 1. The molecule has 1 heterocycles. The van der Waals surface area contributed by atoms with E-state index in [1.807, 2.05) is 81.4 Å². The van der Waals surface area contributed by atoms with Gasteiger partial charge >= 0.3 is 0 Å². The summed E-state index contributed by atoms with van der Waals surface area (Å²) in [5.41, 5.74) is 5.07. The second-order valence-electron chi connectivity index (χ2n) is 8.52. The van der Waals surface area contributed by atoms with Crippen molar-refractivity contribution in [3.63, 3.8) is 0 Å². The number of anilines is 2. The van der Waals surface area contributed by atoms with Crippen molar-refractivity contribution in [2.24, 2.45) is 0 Å². The van der Waals surface area contributed by atoms with Crippen LogP contribution in [-0.4, -0.2) is 17.1 Å². The number of nitrogens with zero attached hydrogens (tertiary/aromatic N) is 2. The molecule has 1 aliphatic heterocycles. The summed E-state index contributed by atoms with van der Waals surface area (Å²) in [5.74, 6) is -0.732. The lowest BCUT2D eigenvalue weighted by Crippen LogP contribution is -2.30. The van der Waals surface area contributed by atoms with Gasteiger partial charge in [0, 0.05) is 16.4 Å². The Hall–Kier alpha value is -3.53. The van der Waals surface area contributed by atoms with Crippen LogP contribution in [0.2, 0.25) is 5.02 Å². The summed E-state index contributed by atoms with van der Waals surface area (Å²) in [6, 6.07) is 22.5. The first kappa shape index (κ1) is 24.6. The number of aryl methyl sites for hydroxylation is 3. The molecule has 0 aliphatic carbocycles. The number of hydrogen-bond acceptors (Lipinski definition) is 4. The van der Waals surface area contributed by atoms with Crippen LogP contribution in [0.1, 0.15) is 22.3 Å². The fraction of sp³-hybridized carbons (Fsp3) is 0.179. The van der Waals surface area contributed by atoms with Crippen molar-refractivity contribution < 1.29 is 9.59 Å². The van der Waals surface area contributed by atoms with E-state index in [-0.39, 0.29) is 11.5 Å². The predicted octanol–water partition coefficient (Wildman–Crippen LogP) is 6.33. The molecule has 7 heteroatoms. The van der Waals surface area contributed by atoms with Crippen LogP contribution in [0.25, 0.3) is 0 Å². The average molecular weight is 502 g/mol. The van der Waals surface area contributed by atoms with Crippen molar-refractivity contribution in [2.75, 3.05) is 10.2 Å². The second-order valence-corrected chi connectivity index (χ2v) is 10.1. The molecule has 3 aromatic carbocycles. The minimum absolute atomic E-state index is 0.103. The number of thioether (sulfide) groups is 1. The standard InChI is InChI=1S/C28H24ClN3O2S/c1-17-4-10-21(11-5-17)31-26(33)23(16-30)28-32(22-12-6-18(2)7-13-22)27(34)25(35-28)15-20-9-8-19(3)24(29)14-20/h4-14,25H,15H2,1-3H3,(H,31,33)/b28-23-. The molecule has 1 N–H and O–H groups in total. The van der Waals surface area contributed by atoms with E-state index in [9.17, 15) is 14.9 Å². The number of hydrogen-bond donors (Lipinski definition) is 1. The number of nitriles is 1. The first-order chi connectivity index (χ1) is 16.8. The molecule has 0 bridgehead atoms. The number of carbonyl (C=O) groups is 2. The summed E-state index contributed by atoms with van der Waals surface area (Å²) in [6.07, 6.45) is 0.424. The Balaban J connectivity index is 1.72. The van der Waals surface area contributed by atoms with Gasteiger partial charge in [-0.25, -0.2) is 0 Å². The van der Waals surface area contributed by atoms with E-state index in [1.54, 1.807) is 12.1 Å². The highest BCUT2D eigenvalue weighted by molar-refractivity contribution is 8.05. The van der Waals surface area contributed by atoms with Gasteiger partial charge in [-0.1, -0.05) is 70.9 Å². The zero-order chi connectivity index (χ0) is 25.1. The third-order valence-corrected chi connectivity index (χ3v) is 7.43. The lowest BCUT2D eigenvalue weighted by atomic mass is 10.1. The molecule has 4 rings (SSSR count). The summed E-state index contributed by atoms with van der Waals surface area (Å²) in [5, 5.41) is 13.2. The molecule has 0 radical (unpaired) electrons. The number of benzene rings is 3. The molecule has 1 saturated heterocycles. The van der Waals surface area contributed by atoms with Gasteiger partial charge in [0.25, 0.3) is 5.91 Å². The van der Waals surface area contributed by atoms with E-state index in [0.29, 0.717) is 27.8 Å². The summed E-state index contributed by atoms with van der Waals surface area (Å²) < 4.78 is 0. The predicted molar refractivity (Wildman–Crippen MR) is 142 cm³/mol. The van der Waals surface area contributed by atoms with Gasteiger partial charge in [-0.05, 0) is 68.7 Å². The molecule has 0 saturated carbocycles. The smallest absolute Gasteiger partial charge is 0.269 e. The van der Waals surface area contributed by atoms with E-state index in [1.165, 1.54) is 16.7 Å². The largest absolute Gasteiger partial charge is 0.321 e. The number of rotatable bonds is 5. The molecule has 2 amide bonds. The summed E-state index contributed by atoms with van der Waals surface area (Å²) >= 11 is 7.53. The molecule has 1 fully saturated rings. The minimum atomic E-state index is -0.553. The normalized spacial score (nSPS) is 16.7. The monoisotopic (exact) mass is 501 g/mol. The highest BCUT2D eigenvalue weighted by atomic mass is 35.5. The molecule has 3 aromatic rings. The van der Waals surface area contributed by atoms with Crippen molar-refractivity contribution in [3.8, 4) is 6.07 Å². The Morgan fingerprint density at radius 2 is 1.66 bits per heavy atom. The fourth-order valence-electron chi connectivity index (χ4n) is 3.72. The van der Waals surface area contributed by atoms with E-state index >= 15 is 0 Å². The van der Waals surface area contributed by atoms with Crippen LogP contribution in [0, 0.1) is 32.1 Å². The van der Waals surface area contributed by atoms with Crippen LogP contribution in [0.4, 0.5) is 11.4 Å². The SMILES string of the molecule is Cc1ccc(NC(=O)/C(C#N)=C2\SC(Cc3ccc(C)c(Cl)c3)C(=O)N2c2ccc(C)cc2)cc1. The number of nitrogens with one attached hydrogen (secondary N) is 1. The maximum Gasteiger partial charge on any atom is 0.269 e. The summed E-state index contributed by atoms with van der Waals surface area (Å²) in [7, 11) is 0. The van der Waals surface area contributed by atoms with Gasteiger partial charge in [0.15, 0.2) is 0 Å². The Morgan fingerprint density at radius 3 is 2.26 bits per heavy atom. The van der Waals surface area contributed by atoms with Gasteiger partial charge in [0.2, 0.25) is 5.91 Å². The second kappa shape index (κ2) is 10.4. The summed E-state index contributed by atoms with van der Waals surface area (Å²) in [6.45, 7) is 5.84. The third kappa shape index (κ3) is 5.43. The maximum atomic E-state index is 13.6. The van der Waals surface area contributed by atoms with Crippen LogP contribution >= 0.6 is 23.4 Å². The molecule has 1 unspecified atom stereocenters. The van der Waals surface area contributed by atoms with Gasteiger partial charge in [0.05, 0.1) is 5.25 Å². The Morgan fingerprint density at radius 1 is 1.03 bits per heavy atom.